The van der Waals surface area contributed by atoms with Gasteiger partial charge in [-0.2, -0.15) is 5.26 Å². The van der Waals surface area contributed by atoms with Crippen molar-refractivity contribution in [3.05, 3.63) is 21.3 Å². The number of thiophene rings is 1. The zero-order chi connectivity index (χ0) is 8.27. The molecule has 2 N–H and O–H groups in total. The van der Waals surface area contributed by atoms with Crippen molar-refractivity contribution in [3.63, 3.8) is 0 Å². The van der Waals surface area contributed by atoms with Crippen LogP contribution in [0.5, 0.6) is 0 Å². The van der Waals surface area contributed by atoms with Gasteiger partial charge in [-0.3, -0.25) is 0 Å². The maximum Gasteiger partial charge on any atom is 0.0931 e. The Labute approximate surface area is 74.2 Å². The first-order valence-electron chi connectivity index (χ1n) is 3.12. The number of nitrogens with two attached hydrogens (primary N) is 1. The van der Waals surface area contributed by atoms with Gasteiger partial charge in [0.25, 0.3) is 0 Å². The molecule has 1 aromatic heterocycles. The molecule has 58 valence electrons. The van der Waals surface area contributed by atoms with Gasteiger partial charge in [-0.15, -0.1) is 11.3 Å². The molecule has 0 unspecified atom stereocenters. The topological polar surface area (TPSA) is 49.8 Å². The van der Waals surface area contributed by atoms with Gasteiger partial charge in [0.1, 0.15) is 0 Å². The lowest BCUT2D eigenvalue weighted by atomic mass is 10.2. The van der Waals surface area contributed by atoms with E-state index in [2.05, 4.69) is 0 Å². The van der Waals surface area contributed by atoms with Gasteiger partial charge in [0.15, 0.2) is 0 Å². The number of halogens is 1. The molecule has 0 aliphatic rings. The van der Waals surface area contributed by atoms with Crippen molar-refractivity contribution in [2.45, 2.75) is 12.5 Å². The summed E-state index contributed by atoms with van der Waals surface area (Å²) < 4.78 is 0.716. The van der Waals surface area contributed by atoms with Gasteiger partial charge in [0, 0.05) is 4.88 Å². The molecule has 0 spiro atoms. The summed E-state index contributed by atoms with van der Waals surface area (Å²) in [5.74, 6) is 0. The summed E-state index contributed by atoms with van der Waals surface area (Å²) in [5.41, 5.74) is 5.65. The van der Waals surface area contributed by atoms with E-state index in [-0.39, 0.29) is 6.04 Å². The van der Waals surface area contributed by atoms with E-state index in [0.717, 1.165) is 4.88 Å². The molecule has 0 saturated heterocycles. The zero-order valence-electron chi connectivity index (χ0n) is 5.75. The fraction of sp³-hybridized carbons (Fsp3) is 0.286. The van der Waals surface area contributed by atoms with Crippen molar-refractivity contribution >= 4 is 22.9 Å². The number of hydrogen-bond donors (Lipinski definition) is 1. The van der Waals surface area contributed by atoms with E-state index in [9.17, 15) is 0 Å². The van der Waals surface area contributed by atoms with Crippen LogP contribution in [-0.2, 0) is 0 Å². The second-order valence-corrected chi connectivity index (χ2v) is 3.86. The SMILES string of the molecule is N#CC[C@@H](N)c1ccc(Cl)s1. The van der Waals surface area contributed by atoms with Gasteiger partial charge in [-0.25, -0.2) is 0 Å². The van der Waals surface area contributed by atoms with E-state index in [1.165, 1.54) is 11.3 Å². The first-order valence-corrected chi connectivity index (χ1v) is 4.31. The Hall–Kier alpha value is -0.560. The summed E-state index contributed by atoms with van der Waals surface area (Å²) in [6.45, 7) is 0. The molecule has 1 aromatic rings. The van der Waals surface area contributed by atoms with Crippen LogP contribution in [0.25, 0.3) is 0 Å². The van der Waals surface area contributed by atoms with E-state index >= 15 is 0 Å². The lowest BCUT2D eigenvalue weighted by Crippen LogP contribution is -2.06. The predicted octanol–water partition coefficient (Wildman–Crippen LogP) is 2.31. The molecule has 0 radical (unpaired) electrons. The fourth-order valence-electron chi connectivity index (χ4n) is 0.727. The first-order chi connectivity index (χ1) is 5.24. The smallest absolute Gasteiger partial charge is 0.0931 e. The Balaban J connectivity index is 2.70. The second kappa shape index (κ2) is 3.72. The third kappa shape index (κ3) is 2.19. The summed E-state index contributed by atoms with van der Waals surface area (Å²) in [6, 6.07) is 5.48. The summed E-state index contributed by atoms with van der Waals surface area (Å²) >= 11 is 7.11. The van der Waals surface area contributed by atoms with Crippen LogP contribution in [0, 0.1) is 11.3 Å². The molecule has 1 rings (SSSR count). The number of nitriles is 1. The average molecular weight is 187 g/mol. The largest absolute Gasteiger partial charge is 0.322 e. The molecule has 0 aromatic carbocycles. The lowest BCUT2D eigenvalue weighted by Gasteiger charge is -2.01. The van der Waals surface area contributed by atoms with Gasteiger partial charge in [0.2, 0.25) is 0 Å². The van der Waals surface area contributed by atoms with E-state index in [0.29, 0.717) is 10.8 Å². The van der Waals surface area contributed by atoms with Gasteiger partial charge in [-0.05, 0) is 12.1 Å². The van der Waals surface area contributed by atoms with Crippen LogP contribution < -0.4 is 5.73 Å². The monoisotopic (exact) mass is 186 g/mol. The number of hydrogen-bond acceptors (Lipinski definition) is 3. The second-order valence-electron chi connectivity index (χ2n) is 2.11. The Morgan fingerprint density at radius 3 is 2.91 bits per heavy atom. The molecule has 11 heavy (non-hydrogen) atoms. The quantitative estimate of drug-likeness (QED) is 0.771. The molecule has 4 heteroatoms. The van der Waals surface area contributed by atoms with Crippen LogP contribution in [0.3, 0.4) is 0 Å². The highest BCUT2D eigenvalue weighted by Gasteiger charge is 2.06. The Morgan fingerprint density at radius 2 is 2.45 bits per heavy atom. The van der Waals surface area contributed by atoms with E-state index < -0.39 is 0 Å². The number of rotatable bonds is 2. The van der Waals surface area contributed by atoms with Crippen molar-refractivity contribution in [2.75, 3.05) is 0 Å². The lowest BCUT2D eigenvalue weighted by molar-refractivity contribution is 0.765. The highest BCUT2D eigenvalue weighted by Crippen LogP contribution is 2.26. The van der Waals surface area contributed by atoms with Crippen LogP contribution in [0.4, 0.5) is 0 Å². The van der Waals surface area contributed by atoms with Crippen molar-refractivity contribution in [3.8, 4) is 6.07 Å². The minimum atomic E-state index is -0.183. The maximum absolute atomic E-state index is 8.35. The van der Waals surface area contributed by atoms with Crippen LogP contribution in [0.2, 0.25) is 4.34 Å². The third-order valence-corrected chi connectivity index (χ3v) is 2.63. The molecule has 0 amide bonds. The van der Waals surface area contributed by atoms with Crippen molar-refractivity contribution in [1.82, 2.24) is 0 Å². The first kappa shape index (κ1) is 8.54. The molecule has 2 nitrogen and oxygen atoms in total. The molecular formula is C7H7ClN2S. The van der Waals surface area contributed by atoms with Crippen molar-refractivity contribution in [1.29, 1.82) is 5.26 Å². The van der Waals surface area contributed by atoms with Crippen molar-refractivity contribution < 1.29 is 0 Å². The Morgan fingerprint density at radius 1 is 1.73 bits per heavy atom. The van der Waals surface area contributed by atoms with E-state index in [1.54, 1.807) is 6.07 Å². The number of nitrogens with zero attached hydrogens (tertiary/aromatic N) is 1. The molecule has 0 saturated carbocycles. The van der Waals surface area contributed by atoms with Crippen LogP contribution in [0.15, 0.2) is 12.1 Å². The summed E-state index contributed by atoms with van der Waals surface area (Å²) in [4.78, 5) is 0.969. The molecule has 1 heterocycles. The van der Waals surface area contributed by atoms with Crippen LogP contribution in [0.1, 0.15) is 17.3 Å². The molecule has 0 bridgehead atoms. The highest BCUT2D eigenvalue weighted by molar-refractivity contribution is 7.16. The summed E-state index contributed by atoms with van der Waals surface area (Å²) in [5, 5.41) is 8.35. The summed E-state index contributed by atoms with van der Waals surface area (Å²) in [6.07, 6.45) is 0.344. The minimum Gasteiger partial charge on any atom is -0.322 e. The molecular weight excluding hydrogens is 180 g/mol. The normalized spacial score (nSPS) is 12.5. The predicted molar refractivity (Wildman–Crippen MR) is 46.5 cm³/mol. The standard InChI is InChI=1S/C7H7ClN2S/c8-7-2-1-6(11-7)5(10)3-4-9/h1-2,5H,3,10H2/t5-/m1/s1. The Bertz CT molecular complexity index is 276. The molecule has 1 atom stereocenters. The van der Waals surface area contributed by atoms with E-state index in [4.69, 9.17) is 22.6 Å². The van der Waals surface area contributed by atoms with Gasteiger partial charge in [-0.1, -0.05) is 11.6 Å². The van der Waals surface area contributed by atoms with E-state index in [1.807, 2.05) is 12.1 Å². The molecule has 0 aliphatic carbocycles. The van der Waals surface area contributed by atoms with Gasteiger partial charge in [0.05, 0.1) is 22.9 Å². The summed E-state index contributed by atoms with van der Waals surface area (Å²) in [7, 11) is 0. The van der Waals surface area contributed by atoms with Gasteiger partial charge >= 0.3 is 0 Å². The third-order valence-electron chi connectivity index (χ3n) is 1.27. The van der Waals surface area contributed by atoms with Crippen LogP contribution >= 0.6 is 22.9 Å². The van der Waals surface area contributed by atoms with Crippen LogP contribution in [-0.4, -0.2) is 0 Å². The molecule has 0 fully saturated rings. The average Bonchev–Trinajstić information content (AvgIpc) is 2.36. The fourth-order valence-corrected chi connectivity index (χ4v) is 1.79. The Kier molecular flexibility index (Phi) is 2.89. The maximum atomic E-state index is 8.35. The van der Waals surface area contributed by atoms with Crippen molar-refractivity contribution in [2.24, 2.45) is 5.73 Å². The molecule has 0 aliphatic heterocycles. The highest BCUT2D eigenvalue weighted by atomic mass is 35.5. The minimum absolute atomic E-state index is 0.183. The van der Waals surface area contributed by atoms with Gasteiger partial charge < -0.3 is 5.73 Å². The zero-order valence-corrected chi connectivity index (χ0v) is 7.32.